The van der Waals surface area contributed by atoms with Crippen molar-refractivity contribution in [1.29, 1.82) is 0 Å². The van der Waals surface area contributed by atoms with Crippen LogP contribution < -0.4 is 5.32 Å². The fraction of sp³-hybridized carbons (Fsp3) is 0.556. The van der Waals surface area contributed by atoms with Crippen LogP contribution in [0.5, 0.6) is 0 Å². The van der Waals surface area contributed by atoms with E-state index in [9.17, 15) is 19.1 Å². The van der Waals surface area contributed by atoms with E-state index in [1.807, 2.05) is 0 Å². The fourth-order valence-electron chi connectivity index (χ4n) is 2.66. The number of carboxylic acid groups (broad SMARTS) is 1. The monoisotopic (exact) mass is 353 g/mol. The maximum absolute atomic E-state index is 13.4. The second-order valence-electron chi connectivity index (χ2n) is 6.25. The van der Waals surface area contributed by atoms with Gasteiger partial charge in [0.1, 0.15) is 11.9 Å². The zero-order chi connectivity index (χ0) is 18.4. The third-order valence-electron chi connectivity index (χ3n) is 4.22. The molecule has 1 amide bonds. The number of aliphatic carboxylic acids is 1. The predicted molar refractivity (Wildman–Crippen MR) is 88.7 cm³/mol. The second kappa shape index (κ2) is 8.92. The molecule has 2 N–H and O–H groups in total. The van der Waals surface area contributed by atoms with E-state index in [0.717, 1.165) is 19.3 Å². The molecule has 25 heavy (non-hydrogen) atoms. The number of hydrogen-bond donors (Lipinski definition) is 2. The molecule has 0 aliphatic carbocycles. The average Bonchev–Trinajstić information content (AvgIpc) is 2.60. The number of carbonyl (C=O) groups excluding carboxylic acids is 1. The highest BCUT2D eigenvalue weighted by molar-refractivity contribution is 5.86. The number of carboxylic acids is 1. The van der Waals surface area contributed by atoms with Gasteiger partial charge >= 0.3 is 5.97 Å². The lowest BCUT2D eigenvalue weighted by Crippen LogP contribution is -2.41. The molecule has 1 aromatic carbocycles. The first-order valence-electron chi connectivity index (χ1n) is 8.41. The summed E-state index contributed by atoms with van der Waals surface area (Å²) in [5, 5.41) is 11.8. The summed E-state index contributed by atoms with van der Waals surface area (Å²) >= 11 is 0. The van der Waals surface area contributed by atoms with Gasteiger partial charge in [0.15, 0.2) is 6.04 Å². The number of carbonyl (C=O) groups is 2. The minimum atomic E-state index is -1.26. The maximum Gasteiger partial charge on any atom is 0.330 e. The summed E-state index contributed by atoms with van der Waals surface area (Å²) in [4.78, 5) is 23.7. The first-order valence-corrected chi connectivity index (χ1v) is 8.41. The van der Waals surface area contributed by atoms with Crippen molar-refractivity contribution in [2.75, 3.05) is 13.2 Å². The third-order valence-corrected chi connectivity index (χ3v) is 4.22. The van der Waals surface area contributed by atoms with Crippen molar-refractivity contribution < 1.29 is 28.6 Å². The Hall–Kier alpha value is -1.99. The van der Waals surface area contributed by atoms with Crippen LogP contribution in [0, 0.1) is 12.7 Å². The van der Waals surface area contributed by atoms with Crippen molar-refractivity contribution in [2.24, 2.45) is 0 Å². The summed E-state index contributed by atoms with van der Waals surface area (Å²) in [7, 11) is 0. The number of nitrogens with one attached hydrogen (secondary N) is 1. The van der Waals surface area contributed by atoms with E-state index in [-0.39, 0.29) is 6.10 Å². The SMILES string of the molecule is Cc1cc(C(NC(=O)C(C)OCC2CCCCO2)C(=O)O)ccc1F. The predicted octanol–water partition coefficient (Wildman–Crippen LogP) is 2.35. The molecule has 0 saturated carbocycles. The highest BCUT2D eigenvalue weighted by Gasteiger charge is 2.26. The lowest BCUT2D eigenvalue weighted by atomic mass is 10.0. The molecule has 2 rings (SSSR count). The first-order chi connectivity index (χ1) is 11.9. The van der Waals surface area contributed by atoms with Gasteiger partial charge in [-0.25, -0.2) is 9.18 Å². The summed E-state index contributed by atoms with van der Waals surface area (Å²) in [5.74, 6) is -2.18. The van der Waals surface area contributed by atoms with Gasteiger partial charge in [0.25, 0.3) is 0 Å². The van der Waals surface area contributed by atoms with Crippen LogP contribution in [-0.4, -0.2) is 42.4 Å². The van der Waals surface area contributed by atoms with Gasteiger partial charge in [0.05, 0.1) is 12.7 Å². The molecule has 0 radical (unpaired) electrons. The van der Waals surface area contributed by atoms with E-state index in [1.54, 1.807) is 6.92 Å². The molecule has 3 atom stereocenters. The molecule has 1 aliphatic heterocycles. The highest BCUT2D eigenvalue weighted by atomic mass is 19.1. The third kappa shape index (κ3) is 5.51. The van der Waals surface area contributed by atoms with Gasteiger partial charge in [-0.2, -0.15) is 0 Å². The van der Waals surface area contributed by atoms with Crippen LogP contribution in [0.2, 0.25) is 0 Å². The Bertz CT molecular complexity index is 615. The van der Waals surface area contributed by atoms with Crippen molar-refractivity contribution in [3.8, 4) is 0 Å². The zero-order valence-electron chi connectivity index (χ0n) is 14.5. The molecular formula is C18H24FNO5. The van der Waals surface area contributed by atoms with Crippen molar-refractivity contribution in [2.45, 2.75) is 51.4 Å². The van der Waals surface area contributed by atoms with Crippen molar-refractivity contribution >= 4 is 11.9 Å². The standard InChI is InChI=1S/C18H24FNO5/c1-11-9-13(6-7-15(11)19)16(18(22)23)20-17(21)12(2)25-10-14-5-3-4-8-24-14/h6-7,9,12,14,16H,3-5,8,10H2,1-2H3,(H,20,21)(H,22,23). The lowest BCUT2D eigenvalue weighted by molar-refractivity contribution is -0.145. The van der Waals surface area contributed by atoms with Gasteiger partial charge in [-0.3, -0.25) is 4.79 Å². The fourth-order valence-corrected chi connectivity index (χ4v) is 2.66. The number of ether oxygens (including phenoxy) is 2. The van der Waals surface area contributed by atoms with Crippen LogP contribution >= 0.6 is 0 Å². The largest absolute Gasteiger partial charge is 0.479 e. The highest BCUT2D eigenvalue weighted by Crippen LogP contribution is 2.18. The first kappa shape index (κ1) is 19.3. The molecule has 0 spiro atoms. The summed E-state index contributed by atoms with van der Waals surface area (Å²) in [5.41, 5.74) is 0.624. The normalized spacial score (nSPS) is 19.9. The smallest absolute Gasteiger partial charge is 0.330 e. The average molecular weight is 353 g/mol. The number of rotatable bonds is 7. The molecule has 1 fully saturated rings. The Kier molecular flexibility index (Phi) is 6.90. The van der Waals surface area contributed by atoms with Crippen LogP contribution in [-0.2, 0) is 19.1 Å². The summed E-state index contributed by atoms with van der Waals surface area (Å²) in [6.07, 6.45) is 2.15. The number of halogens is 1. The molecule has 0 bridgehead atoms. The van der Waals surface area contributed by atoms with Gasteiger partial charge in [-0.1, -0.05) is 12.1 Å². The van der Waals surface area contributed by atoms with Gasteiger partial charge in [-0.05, 0) is 50.3 Å². The molecule has 1 saturated heterocycles. The van der Waals surface area contributed by atoms with Gasteiger partial charge < -0.3 is 19.9 Å². The number of benzene rings is 1. The van der Waals surface area contributed by atoms with Gasteiger partial charge in [0.2, 0.25) is 5.91 Å². The number of hydrogen-bond acceptors (Lipinski definition) is 4. The Balaban J connectivity index is 1.94. The lowest BCUT2D eigenvalue weighted by Gasteiger charge is -2.24. The van der Waals surface area contributed by atoms with E-state index in [2.05, 4.69) is 5.32 Å². The molecule has 6 nitrogen and oxygen atoms in total. The second-order valence-corrected chi connectivity index (χ2v) is 6.25. The van der Waals surface area contributed by atoms with Crippen LogP contribution in [0.15, 0.2) is 18.2 Å². The maximum atomic E-state index is 13.4. The Morgan fingerprint density at radius 3 is 2.80 bits per heavy atom. The molecule has 138 valence electrons. The summed E-state index contributed by atoms with van der Waals surface area (Å²) in [6.45, 7) is 4.09. The van der Waals surface area contributed by atoms with Crippen LogP contribution in [0.4, 0.5) is 4.39 Å². The van der Waals surface area contributed by atoms with Crippen molar-refractivity contribution in [3.63, 3.8) is 0 Å². The Morgan fingerprint density at radius 1 is 1.44 bits per heavy atom. The molecule has 0 aromatic heterocycles. The quantitative estimate of drug-likeness (QED) is 0.786. The topological polar surface area (TPSA) is 84.9 Å². The molecule has 3 unspecified atom stereocenters. The Labute approximate surface area is 146 Å². The van der Waals surface area contributed by atoms with Gasteiger partial charge in [0, 0.05) is 6.61 Å². The molecular weight excluding hydrogens is 329 g/mol. The minimum Gasteiger partial charge on any atom is -0.479 e. The van der Waals surface area contributed by atoms with Gasteiger partial charge in [-0.15, -0.1) is 0 Å². The van der Waals surface area contributed by atoms with E-state index in [0.29, 0.717) is 24.3 Å². The Morgan fingerprint density at radius 2 is 2.20 bits per heavy atom. The van der Waals surface area contributed by atoms with E-state index >= 15 is 0 Å². The van der Waals surface area contributed by atoms with Crippen molar-refractivity contribution in [3.05, 3.63) is 35.1 Å². The molecule has 7 heteroatoms. The molecule has 1 aromatic rings. The molecule has 1 aliphatic rings. The van der Waals surface area contributed by atoms with Crippen LogP contribution in [0.1, 0.15) is 43.4 Å². The van der Waals surface area contributed by atoms with Crippen molar-refractivity contribution in [1.82, 2.24) is 5.32 Å². The molecule has 1 heterocycles. The van der Waals surface area contributed by atoms with Crippen LogP contribution in [0.25, 0.3) is 0 Å². The minimum absolute atomic E-state index is 0.0287. The summed E-state index contributed by atoms with van der Waals surface area (Å²) < 4.78 is 24.4. The zero-order valence-corrected chi connectivity index (χ0v) is 14.5. The van der Waals surface area contributed by atoms with E-state index < -0.39 is 29.8 Å². The van der Waals surface area contributed by atoms with E-state index in [4.69, 9.17) is 9.47 Å². The van der Waals surface area contributed by atoms with E-state index in [1.165, 1.54) is 25.1 Å². The summed E-state index contributed by atoms with van der Waals surface area (Å²) in [6, 6.07) is 2.69. The van der Waals surface area contributed by atoms with Crippen LogP contribution in [0.3, 0.4) is 0 Å². The number of amides is 1. The number of aryl methyl sites for hydroxylation is 1.